The Hall–Kier alpha value is -1.82. The zero-order chi connectivity index (χ0) is 17.3. The molecule has 3 saturated heterocycles. The fourth-order valence-electron chi connectivity index (χ4n) is 4.35. The van der Waals surface area contributed by atoms with E-state index in [4.69, 9.17) is 4.74 Å². The fourth-order valence-corrected chi connectivity index (χ4v) is 4.35. The molecule has 2 amide bonds. The van der Waals surface area contributed by atoms with Gasteiger partial charge in [0.15, 0.2) is 0 Å². The number of amides is 2. The summed E-state index contributed by atoms with van der Waals surface area (Å²) < 4.78 is 19.0. The predicted molar refractivity (Wildman–Crippen MR) is 94.2 cm³/mol. The standard InChI is InChI=1S/C19H26FN3O2/c20-15-3-1-5-17(11-15)22-8-2-4-16(12-22)21-18(24)23-9-6-19(13-23)7-10-25-14-19/h1,3,5,11,16H,2,4,6-10,12-14H2,(H,21,24)/t16-,19+/m1/s1. The van der Waals surface area contributed by atoms with E-state index in [9.17, 15) is 9.18 Å². The molecule has 1 spiro atoms. The first kappa shape index (κ1) is 16.6. The van der Waals surface area contributed by atoms with Crippen molar-refractivity contribution in [1.82, 2.24) is 10.2 Å². The lowest BCUT2D eigenvalue weighted by Crippen LogP contribution is -2.51. The maximum absolute atomic E-state index is 13.5. The number of carbonyl (C=O) groups is 1. The molecule has 5 nitrogen and oxygen atoms in total. The summed E-state index contributed by atoms with van der Waals surface area (Å²) in [5.41, 5.74) is 1.08. The van der Waals surface area contributed by atoms with Crippen LogP contribution in [-0.2, 0) is 4.74 Å². The molecule has 2 atom stereocenters. The lowest BCUT2D eigenvalue weighted by atomic mass is 9.87. The molecule has 3 heterocycles. The number of rotatable bonds is 2. The van der Waals surface area contributed by atoms with Crippen molar-refractivity contribution in [1.29, 1.82) is 0 Å². The Labute approximate surface area is 148 Å². The van der Waals surface area contributed by atoms with Crippen LogP contribution in [0, 0.1) is 11.2 Å². The Morgan fingerprint density at radius 2 is 2.24 bits per heavy atom. The first-order chi connectivity index (χ1) is 12.1. The number of nitrogens with zero attached hydrogens (tertiary/aromatic N) is 2. The number of benzene rings is 1. The molecule has 1 N–H and O–H groups in total. The highest BCUT2D eigenvalue weighted by Gasteiger charge is 2.43. The average molecular weight is 347 g/mol. The third-order valence-electron chi connectivity index (χ3n) is 5.83. The Balaban J connectivity index is 1.34. The first-order valence-electron chi connectivity index (χ1n) is 9.27. The number of halogens is 1. The third-order valence-corrected chi connectivity index (χ3v) is 5.83. The zero-order valence-electron chi connectivity index (χ0n) is 14.5. The van der Waals surface area contributed by atoms with Gasteiger partial charge in [0.05, 0.1) is 6.61 Å². The van der Waals surface area contributed by atoms with Crippen molar-refractivity contribution < 1.29 is 13.9 Å². The number of hydrogen-bond donors (Lipinski definition) is 1. The molecular formula is C19H26FN3O2. The van der Waals surface area contributed by atoms with Gasteiger partial charge in [-0.25, -0.2) is 9.18 Å². The largest absolute Gasteiger partial charge is 0.381 e. The minimum Gasteiger partial charge on any atom is -0.381 e. The highest BCUT2D eigenvalue weighted by atomic mass is 19.1. The fraction of sp³-hybridized carbons (Fsp3) is 0.632. The first-order valence-corrected chi connectivity index (χ1v) is 9.27. The molecule has 4 rings (SSSR count). The van der Waals surface area contributed by atoms with Crippen LogP contribution in [-0.4, -0.2) is 56.4 Å². The summed E-state index contributed by atoms with van der Waals surface area (Å²) in [4.78, 5) is 16.7. The number of ether oxygens (including phenoxy) is 1. The van der Waals surface area contributed by atoms with Crippen LogP contribution in [0.1, 0.15) is 25.7 Å². The second-order valence-electron chi connectivity index (χ2n) is 7.69. The summed E-state index contributed by atoms with van der Waals surface area (Å²) in [6.45, 7) is 4.86. The van der Waals surface area contributed by atoms with Crippen LogP contribution >= 0.6 is 0 Å². The van der Waals surface area contributed by atoms with Crippen molar-refractivity contribution >= 4 is 11.7 Å². The number of nitrogens with one attached hydrogen (secondary N) is 1. The maximum Gasteiger partial charge on any atom is 0.317 e. The van der Waals surface area contributed by atoms with E-state index in [0.29, 0.717) is 0 Å². The molecule has 6 heteroatoms. The molecule has 0 radical (unpaired) electrons. The second kappa shape index (κ2) is 6.83. The van der Waals surface area contributed by atoms with E-state index < -0.39 is 0 Å². The van der Waals surface area contributed by atoms with Gasteiger partial charge in [-0.05, 0) is 43.9 Å². The predicted octanol–water partition coefficient (Wildman–Crippen LogP) is 2.62. The molecule has 1 aromatic carbocycles. The smallest absolute Gasteiger partial charge is 0.317 e. The van der Waals surface area contributed by atoms with Crippen molar-refractivity contribution in [2.24, 2.45) is 5.41 Å². The minimum atomic E-state index is -0.218. The van der Waals surface area contributed by atoms with Gasteiger partial charge in [-0.2, -0.15) is 0 Å². The van der Waals surface area contributed by atoms with Crippen molar-refractivity contribution in [2.45, 2.75) is 31.7 Å². The van der Waals surface area contributed by atoms with Gasteiger partial charge in [-0.1, -0.05) is 6.07 Å². The van der Waals surface area contributed by atoms with E-state index in [1.165, 1.54) is 6.07 Å². The molecule has 25 heavy (non-hydrogen) atoms. The highest BCUT2D eigenvalue weighted by Crippen LogP contribution is 2.38. The lowest BCUT2D eigenvalue weighted by Gasteiger charge is -2.35. The van der Waals surface area contributed by atoms with Crippen LogP contribution in [0.3, 0.4) is 0 Å². The zero-order valence-corrected chi connectivity index (χ0v) is 14.5. The summed E-state index contributed by atoms with van der Waals surface area (Å²) >= 11 is 0. The summed E-state index contributed by atoms with van der Waals surface area (Å²) in [6.07, 6.45) is 4.08. The number of anilines is 1. The van der Waals surface area contributed by atoms with Gasteiger partial charge in [0.2, 0.25) is 0 Å². The van der Waals surface area contributed by atoms with E-state index in [2.05, 4.69) is 10.2 Å². The van der Waals surface area contributed by atoms with Gasteiger partial charge in [0.25, 0.3) is 0 Å². The molecule has 3 aliphatic heterocycles. The van der Waals surface area contributed by atoms with E-state index in [1.807, 2.05) is 11.0 Å². The molecule has 3 aliphatic rings. The van der Waals surface area contributed by atoms with Crippen LogP contribution in [0.25, 0.3) is 0 Å². The average Bonchev–Trinajstić information content (AvgIpc) is 3.25. The van der Waals surface area contributed by atoms with E-state index in [0.717, 1.165) is 70.8 Å². The van der Waals surface area contributed by atoms with Crippen molar-refractivity contribution in [2.75, 3.05) is 44.3 Å². The molecule has 0 saturated carbocycles. The third kappa shape index (κ3) is 3.59. The van der Waals surface area contributed by atoms with Gasteiger partial charge in [0.1, 0.15) is 5.82 Å². The molecule has 3 fully saturated rings. The van der Waals surface area contributed by atoms with Gasteiger partial charge in [-0.3, -0.25) is 0 Å². The van der Waals surface area contributed by atoms with Gasteiger partial charge in [-0.15, -0.1) is 0 Å². The Kier molecular flexibility index (Phi) is 4.54. The summed E-state index contributed by atoms with van der Waals surface area (Å²) in [6, 6.07) is 6.84. The number of hydrogen-bond acceptors (Lipinski definition) is 3. The molecule has 0 bridgehead atoms. The summed E-state index contributed by atoms with van der Waals surface area (Å²) in [5, 5.41) is 3.19. The summed E-state index contributed by atoms with van der Waals surface area (Å²) in [7, 11) is 0. The van der Waals surface area contributed by atoms with Crippen LogP contribution in [0.2, 0.25) is 0 Å². The highest BCUT2D eigenvalue weighted by molar-refractivity contribution is 5.75. The Morgan fingerprint density at radius 3 is 3.04 bits per heavy atom. The van der Waals surface area contributed by atoms with Gasteiger partial charge >= 0.3 is 6.03 Å². The van der Waals surface area contributed by atoms with Gasteiger partial charge < -0.3 is 19.9 Å². The van der Waals surface area contributed by atoms with E-state index >= 15 is 0 Å². The molecule has 0 unspecified atom stereocenters. The van der Waals surface area contributed by atoms with Crippen LogP contribution < -0.4 is 10.2 Å². The quantitative estimate of drug-likeness (QED) is 0.894. The minimum absolute atomic E-state index is 0.0369. The van der Waals surface area contributed by atoms with Gasteiger partial charge in [0, 0.05) is 49.9 Å². The normalized spacial score (nSPS) is 29.4. The molecule has 0 aromatic heterocycles. The summed E-state index contributed by atoms with van der Waals surface area (Å²) in [5.74, 6) is -0.218. The SMILES string of the molecule is O=C(N[C@@H]1CCCN(c2cccc(F)c2)C1)N1CC[C@]2(CCOC2)C1. The lowest BCUT2D eigenvalue weighted by molar-refractivity contribution is 0.152. The Morgan fingerprint density at radius 1 is 1.32 bits per heavy atom. The second-order valence-corrected chi connectivity index (χ2v) is 7.69. The van der Waals surface area contributed by atoms with Crippen LogP contribution in [0.5, 0.6) is 0 Å². The molecule has 136 valence electrons. The van der Waals surface area contributed by atoms with Crippen molar-refractivity contribution in [3.63, 3.8) is 0 Å². The number of likely N-dealkylation sites (tertiary alicyclic amines) is 1. The Bertz CT molecular complexity index is 633. The van der Waals surface area contributed by atoms with Crippen molar-refractivity contribution in [3.8, 4) is 0 Å². The number of piperidine rings is 1. The number of urea groups is 1. The van der Waals surface area contributed by atoms with Crippen LogP contribution in [0.4, 0.5) is 14.9 Å². The molecule has 0 aliphatic carbocycles. The topological polar surface area (TPSA) is 44.8 Å². The maximum atomic E-state index is 13.5. The molecule has 1 aromatic rings. The van der Waals surface area contributed by atoms with Crippen LogP contribution in [0.15, 0.2) is 24.3 Å². The van der Waals surface area contributed by atoms with Crippen molar-refractivity contribution in [3.05, 3.63) is 30.1 Å². The van der Waals surface area contributed by atoms with E-state index in [-0.39, 0.29) is 23.3 Å². The number of carbonyl (C=O) groups excluding carboxylic acids is 1. The van der Waals surface area contributed by atoms with E-state index in [1.54, 1.807) is 12.1 Å². The molecular weight excluding hydrogens is 321 g/mol. The monoisotopic (exact) mass is 347 g/mol.